The van der Waals surface area contributed by atoms with E-state index in [1.54, 1.807) is 12.1 Å². The smallest absolute Gasteiger partial charge is 0.304 e. The number of carbonyl (C=O) groups is 1. The Bertz CT molecular complexity index is 395. The van der Waals surface area contributed by atoms with Crippen molar-refractivity contribution >= 4 is 5.97 Å². The lowest BCUT2D eigenvalue weighted by Crippen LogP contribution is -2.31. The van der Waals surface area contributed by atoms with E-state index in [4.69, 9.17) is 5.11 Å². The minimum Gasteiger partial charge on any atom is -0.481 e. The average Bonchev–Trinajstić information content (AvgIpc) is 2.35. The van der Waals surface area contributed by atoms with Gasteiger partial charge in [0, 0.05) is 18.2 Å². The number of hydrogen-bond acceptors (Lipinski definition) is 2. The van der Waals surface area contributed by atoms with E-state index in [1.165, 1.54) is 6.07 Å². The summed E-state index contributed by atoms with van der Waals surface area (Å²) in [5, 5.41) is 8.74. The summed E-state index contributed by atoms with van der Waals surface area (Å²) in [4.78, 5) is 12.6. The van der Waals surface area contributed by atoms with Crippen LogP contribution in [0.25, 0.3) is 0 Å². The predicted octanol–water partition coefficient (Wildman–Crippen LogP) is 3.07. The topological polar surface area (TPSA) is 40.5 Å². The molecular weight excluding hydrogens is 233 g/mol. The second kappa shape index (κ2) is 7.11. The molecule has 0 amide bonds. The van der Waals surface area contributed by atoms with Crippen LogP contribution in [0.3, 0.4) is 0 Å². The number of nitrogens with zero attached hydrogens (tertiary/aromatic N) is 1. The van der Waals surface area contributed by atoms with Crippen LogP contribution < -0.4 is 0 Å². The van der Waals surface area contributed by atoms with E-state index in [-0.39, 0.29) is 18.3 Å². The molecule has 1 aromatic carbocycles. The van der Waals surface area contributed by atoms with E-state index in [1.807, 2.05) is 24.8 Å². The standard InChI is InChI=1S/C14H20FNO2/c1-3-13(11-7-5-6-8-12(11)15)16(4-2)10-9-14(17)18/h5-8,13H,3-4,9-10H2,1-2H3,(H,17,18). The molecule has 1 atom stereocenters. The van der Waals surface area contributed by atoms with E-state index < -0.39 is 5.97 Å². The number of benzene rings is 1. The van der Waals surface area contributed by atoms with Gasteiger partial charge in [-0.05, 0) is 19.0 Å². The Labute approximate surface area is 107 Å². The number of carboxylic acids is 1. The molecule has 0 saturated heterocycles. The zero-order chi connectivity index (χ0) is 13.5. The van der Waals surface area contributed by atoms with E-state index in [0.29, 0.717) is 18.7 Å². The molecule has 3 nitrogen and oxygen atoms in total. The number of rotatable bonds is 7. The second-order valence-electron chi connectivity index (χ2n) is 4.22. The largest absolute Gasteiger partial charge is 0.481 e. The molecule has 4 heteroatoms. The van der Waals surface area contributed by atoms with Crippen molar-refractivity contribution in [2.24, 2.45) is 0 Å². The average molecular weight is 253 g/mol. The number of aliphatic carboxylic acids is 1. The van der Waals surface area contributed by atoms with Gasteiger partial charge in [0.15, 0.2) is 0 Å². The molecule has 0 fully saturated rings. The molecule has 0 saturated carbocycles. The molecule has 1 aromatic rings. The van der Waals surface area contributed by atoms with Gasteiger partial charge in [-0.15, -0.1) is 0 Å². The maximum absolute atomic E-state index is 13.8. The number of halogens is 1. The summed E-state index contributed by atoms with van der Waals surface area (Å²) in [6.07, 6.45) is 0.840. The molecule has 100 valence electrons. The molecule has 0 heterocycles. The van der Waals surface area contributed by atoms with Crippen LogP contribution in [0.5, 0.6) is 0 Å². The minimum absolute atomic E-state index is 0.0597. The summed E-state index contributed by atoms with van der Waals surface area (Å²) in [7, 11) is 0. The number of hydrogen-bond donors (Lipinski definition) is 1. The first-order valence-electron chi connectivity index (χ1n) is 6.30. The lowest BCUT2D eigenvalue weighted by molar-refractivity contribution is -0.137. The van der Waals surface area contributed by atoms with Gasteiger partial charge in [0.25, 0.3) is 0 Å². The molecule has 0 radical (unpaired) electrons. The molecule has 0 aromatic heterocycles. The fourth-order valence-electron chi connectivity index (χ4n) is 2.19. The van der Waals surface area contributed by atoms with Gasteiger partial charge in [-0.3, -0.25) is 9.69 Å². The third-order valence-electron chi connectivity index (χ3n) is 3.11. The first kappa shape index (κ1) is 14.6. The Morgan fingerprint density at radius 2 is 2.06 bits per heavy atom. The van der Waals surface area contributed by atoms with Crippen molar-refractivity contribution in [3.63, 3.8) is 0 Å². The summed E-state index contributed by atoms with van der Waals surface area (Å²) in [6.45, 7) is 5.10. The first-order chi connectivity index (χ1) is 8.60. The van der Waals surface area contributed by atoms with Crippen molar-refractivity contribution < 1.29 is 14.3 Å². The monoisotopic (exact) mass is 253 g/mol. The maximum Gasteiger partial charge on any atom is 0.304 e. The van der Waals surface area contributed by atoms with E-state index in [9.17, 15) is 9.18 Å². The van der Waals surface area contributed by atoms with E-state index >= 15 is 0 Å². The molecule has 1 unspecified atom stereocenters. The minimum atomic E-state index is -0.822. The summed E-state index contributed by atoms with van der Waals surface area (Å²) >= 11 is 0. The lowest BCUT2D eigenvalue weighted by Gasteiger charge is -2.30. The van der Waals surface area contributed by atoms with Crippen molar-refractivity contribution in [1.29, 1.82) is 0 Å². The Morgan fingerprint density at radius 1 is 1.39 bits per heavy atom. The van der Waals surface area contributed by atoms with Gasteiger partial charge in [-0.25, -0.2) is 4.39 Å². The zero-order valence-corrected chi connectivity index (χ0v) is 10.9. The Morgan fingerprint density at radius 3 is 2.56 bits per heavy atom. The van der Waals surface area contributed by atoms with Crippen LogP contribution in [0.15, 0.2) is 24.3 Å². The normalized spacial score (nSPS) is 12.7. The molecule has 0 spiro atoms. The quantitative estimate of drug-likeness (QED) is 0.811. The van der Waals surface area contributed by atoms with E-state index in [0.717, 1.165) is 6.42 Å². The zero-order valence-electron chi connectivity index (χ0n) is 10.9. The van der Waals surface area contributed by atoms with Crippen molar-refractivity contribution in [2.75, 3.05) is 13.1 Å². The van der Waals surface area contributed by atoms with Gasteiger partial charge in [0.05, 0.1) is 6.42 Å². The third-order valence-corrected chi connectivity index (χ3v) is 3.11. The van der Waals surface area contributed by atoms with Crippen LogP contribution in [0.2, 0.25) is 0 Å². The van der Waals surface area contributed by atoms with Crippen LogP contribution in [0.4, 0.5) is 4.39 Å². The van der Waals surface area contributed by atoms with Gasteiger partial charge in [0.2, 0.25) is 0 Å². The Balaban J connectivity index is 2.86. The summed E-state index contributed by atoms with van der Waals surface area (Å²) in [6, 6.07) is 6.64. The van der Waals surface area contributed by atoms with Gasteiger partial charge >= 0.3 is 5.97 Å². The predicted molar refractivity (Wildman–Crippen MR) is 68.9 cm³/mol. The van der Waals surface area contributed by atoms with Crippen LogP contribution >= 0.6 is 0 Å². The lowest BCUT2D eigenvalue weighted by atomic mass is 10.0. The van der Waals surface area contributed by atoms with Gasteiger partial charge in [-0.2, -0.15) is 0 Å². The van der Waals surface area contributed by atoms with Gasteiger partial charge in [0.1, 0.15) is 5.82 Å². The molecule has 0 aliphatic carbocycles. The fraction of sp³-hybridized carbons (Fsp3) is 0.500. The highest BCUT2D eigenvalue weighted by Crippen LogP contribution is 2.26. The van der Waals surface area contributed by atoms with Crippen LogP contribution in [0, 0.1) is 5.82 Å². The molecule has 0 aliphatic rings. The highest BCUT2D eigenvalue weighted by Gasteiger charge is 2.20. The van der Waals surface area contributed by atoms with Crippen LogP contribution in [0.1, 0.15) is 38.3 Å². The molecular formula is C14H20FNO2. The third kappa shape index (κ3) is 3.81. The summed E-state index contributed by atoms with van der Waals surface area (Å²) in [5.41, 5.74) is 0.646. The summed E-state index contributed by atoms with van der Waals surface area (Å²) < 4.78 is 13.8. The van der Waals surface area contributed by atoms with E-state index in [2.05, 4.69) is 0 Å². The van der Waals surface area contributed by atoms with Crippen molar-refractivity contribution in [3.8, 4) is 0 Å². The molecule has 0 bridgehead atoms. The molecule has 1 N–H and O–H groups in total. The highest BCUT2D eigenvalue weighted by molar-refractivity contribution is 5.66. The molecule has 18 heavy (non-hydrogen) atoms. The first-order valence-corrected chi connectivity index (χ1v) is 6.30. The second-order valence-corrected chi connectivity index (χ2v) is 4.22. The van der Waals surface area contributed by atoms with Crippen LogP contribution in [-0.2, 0) is 4.79 Å². The Kier molecular flexibility index (Phi) is 5.78. The van der Waals surface area contributed by atoms with Gasteiger partial charge < -0.3 is 5.11 Å². The maximum atomic E-state index is 13.8. The van der Waals surface area contributed by atoms with Gasteiger partial charge in [-0.1, -0.05) is 32.0 Å². The Hall–Kier alpha value is -1.42. The van der Waals surface area contributed by atoms with Crippen molar-refractivity contribution in [3.05, 3.63) is 35.6 Å². The molecule has 0 aliphatic heterocycles. The SMILES string of the molecule is CCC(c1ccccc1F)N(CC)CCC(=O)O. The van der Waals surface area contributed by atoms with Crippen molar-refractivity contribution in [2.45, 2.75) is 32.7 Å². The number of carboxylic acid groups (broad SMARTS) is 1. The molecule has 1 rings (SSSR count). The van der Waals surface area contributed by atoms with Crippen LogP contribution in [-0.4, -0.2) is 29.1 Å². The summed E-state index contributed by atoms with van der Waals surface area (Å²) in [5.74, 6) is -1.05. The van der Waals surface area contributed by atoms with Crippen molar-refractivity contribution in [1.82, 2.24) is 4.90 Å². The fourth-order valence-corrected chi connectivity index (χ4v) is 2.19. The highest BCUT2D eigenvalue weighted by atomic mass is 19.1.